The van der Waals surface area contributed by atoms with Gasteiger partial charge in [-0.15, -0.1) is 0 Å². The maximum atomic E-state index is 13.6. The molecule has 3 rings (SSSR count). The van der Waals surface area contributed by atoms with E-state index in [1.165, 1.54) is 18.3 Å². The molecular formula is C17H18FN3O4. The van der Waals surface area contributed by atoms with E-state index in [0.717, 1.165) is 25.7 Å². The summed E-state index contributed by atoms with van der Waals surface area (Å²) in [6.07, 6.45) is 4.43. The lowest BCUT2D eigenvalue weighted by Gasteiger charge is -2.26. The molecule has 1 aliphatic rings. The SMILES string of the molecule is C=C(Cc1nc(C2CCC(Oc3ncccc3F)CC2)no1)C(=O)O. The van der Waals surface area contributed by atoms with Crippen LogP contribution in [0.2, 0.25) is 0 Å². The number of carbonyl (C=O) groups is 1. The fraction of sp³-hybridized carbons (Fsp3) is 0.412. The van der Waals surface area contributed by atoms with Crippen molar-refractivity contribution < 1.29 is 23.6 Å². The largest absolute Gasteiger partial charge is 0.478 e. The van der Waals surface area contributed by atoms with Crippen LogP contribution in [0.15, 0.2) is 35.0 Å². The fourth-order valence-corrected chi connectivity index (χ4v) is 2.82. The molecule has 2 aromatic rings. The fourth-order valence-electron chi connectivity index (χ4n) is 2.82. The highest BCUT2D eigenvalue weighted by atomic mass is 19.1. The molecule has 0 spiro atoms. The van der Waals surface area contributed by atoms with Gasteiger partial charge in [0.25, 0.3) is 5.88 Å². The molecule has 2 aromatic heterocycles. The number of nitrogens with zero attached hydrogens (tertiary/aromatic N) is 3. The van der Waals surface area contributed by atoms with Gasteiger partial charge in [-0.3, -0.25) is 0 Å². The first-order valence-electron chi connectivity index (χ1n) is 8.03. The molecule has 0 saturated heterocycles. The highest BCUT2D eigenvalue weighted by Gasteiger charge is 2.28. The van der Waals surface area contributed by atoms with Crippen LogP contribution in [0.3, 0.4) is 0 Å². The normalized spacial score (nSPS) is 20.2. The number of halogens is 1. The van der Waals surface area contributed by atoms with Crippen LogP contribution in [0, 0.1) is 5.82 Å². The van der Waals surface area contributed by atoms with Crippen molar-refractivity contribution in [1.29, 1.82) is 0 Å². The molecule has 8 heteroatoms. The van der Waals surface area contributed by atoms with Gasteiger partial charge in [-0.2, -0.15) is 4.98 Å². The van der Waals surface area contributed by atoms with E-state index in [1.54, 1.807) is 0 Å². The molecule has 2 heterocycles. The lowest BCUT2D eigenvalue weighted by molar-refractivity contribution is -0.132. The topological polar surface area (TPSA) is 98.3 Å². The van der Waals surface area contributed by atoms with Crippen molar-refractivity contribution in [2.45, 2.75) is 44.1 Å². The molecule has 0 aromatic carbocycles. The van der Waals surface area contributed by atoms with E-state index in [-0.39, 0.29) is 35.8 Å². The standard InChI is InChI=1S/C17H18FN3O4/c1-10(17(22)23)9-14-20-15(21-25-14)11-4-6-12(7-5-11)24-16-13(18)3-2-8-19-16/h2-3,8,11-12H,1,4-7,9H2,(H,22,23). The van der Waals surface area contributed by atoms with Gasteiger partial charge in [-0.1, -0.05) is 11.7 Å². The molecule has 0 atom stereocenters. The van der Waals surface area contributed by atoms with Gasteiger partial charge in [0.15, 0.2) is 11.6 Å². The first-order chi connectivity index (χ1) is 12.0. The van der Waals surface area contributed by atoms with E-state index in [0.29, 0.717) is 5.82 Å². The molecule has 0 amide bonds. The average Bonchev–Trinajstić information content (AvgIpc) is 3.06. The molecule has 132 valence electrons. The van der Waals surface area contributed by atoms with Gasteiger partial charge in [0.1, 0.15) is 6.10 Å². The Kier molecular flexibility index (Phi) is 5.06. The van der Waals surface area contributed by atoms with Gasteiger partial charge in [0, 0.05) is 17.7 Å². The number of ether oxygens (including phenoxy) is 1. The Balaban J connectivity index is 1.54. The van der Waals surface area contributed by atoms with Crippen molar-refractivity contribution in [2.24, 2.45) is 0 Å². The number of rotatable bonds is 6. The third-order valence-electron chi connectivity index (χ3n) is 4.19. The molecule has 0 aliphatic heterocycles. The Morgan fingerprint density at radius 3 is 2.84 bits per heavy atom. The summed E-state index contributed by atoms with van der Waals surface area (Å²) in [5, 5.41) is 12.8. The Bertz CT molecular complexity index is 769. The minimum Gasteiger partial charge on any atom is -0.478 e. The van der Waals surface area contributed by atoms with Crippen LogP contribution in [0.1, 0.15) is 43.3 Å². The zero-order valence-corrected chi connectivity index (χ0v) is 13.5. The second-order valence-electron chi connectivity index (χ2n) is 6.01. The molecule has 25 heavy (non-hydrogen) atoms. The number of aromatic nitrogens is 3. The molecule has 0 radical (unpaired) electrons. The lowest BCUT2D eigenvalue weighted by Crippen LogP contribution is -2.24. The lowest BCUT2D eigenvalue weighted by atomic mass is 9.87. The molecule has 0 unspecified atom stereocenters. The van der Waals surface area contributed by atoms with Crippen LogP contribution in [0.5, 0.6) is 5.88 Å². The number of carboxylic acid groups (broad SMARTS) is 1. The molecule has 7 nitrogen and oxygen atoms in total. The number of carboxylic acids is 1. The summed E-state index contributed by atoms with van der Waals surface area (Å²) in [7, 11) is 0. The van der Waals surface area contributed by atoms with Crippen LogP contribution < -0.4 is 4.74 Å². The maximum Gasteiger partial charge on any atom is 0.331 e. The zero-order chi connectivity index (χ0) is 17.8. The van der Waals surface area contributed by atoms with Gasteiger partial charge in [-0.05, 0) is 37.8 Å². The van der Waals surface area contributed by atoms with E-state index in [1.807, 2.05) is 0 Å². The van der Waals surface area contributed by atoms with Crippen LogP contribution in [-0.4, -0.2) is 32.3 Å². The highest BCUT2D eigenvalue weighted by Crippen LogP contribution is 2.33. The monoisotopic (exact) mass is 347 g/mol. The first-order valence-corrected chi connectivity index (χ1v) is 8.03. The number of aliphatic carboxylic acids is 1. The zero-order valence-electron chi connectivity index (χ0n) is 13.5. The maximum absolute atomic E-state index is 13.6. The summed E-state index contributed by atoms with van der Waals surface area (Å²) in [5.41, 5.74) is 0.00435. The molecule has 1 aliphatic carbocycles. The molecular weight excluding hydrogens is 329 g/mol. The van der Waals surface area contributed by atoms with Gasteiger partial charge in [0.05, 0.1) is 6.42 Å². The Hall–Kier alpha value is -2.77. The Labute approximate surface area is 143 Å². The van der Waals surface area contributed by atoms with Crippen molar-refractivity contribution in [3.8, 4) is 5.88 Å². The second-order valence-corrected chi connectivity index (χ2v) is 6.01. The minimum atomic E-state index is -1.08. The van der Waals surface area contributed by atoms with Crippen LogP contribution >= 0.6 is 0 Å². The second kappa shape index (κ2) is 7.42. The summed E-state index contributed by atoms with van der Waals surface area (Å²) >= 11 is 0. The van der Waals surface area contributed by atoms with Gasteiger partial charge in [0.2, 0.25) is 5.89 Å². The molecule has 0 bridgehead atoms. The Morgan fingerprint density at radius 2 is 2.16 bits per heavy atom. The number of hydrogen-bond acceptors (Lipinski definition) is 6. The van der Waals surface area contributed by atoms with Crippen LogP contribution in [-0.2, 0) is 11.2 Å². The van der Waals surface area contributed by atoms with Crippen molar-refractivity contribution in [2.75, 3.05) is 0 Å². The van der Waals surface area contributed by atoms with Gasteiger partial charge < -0.3 is 14.4 Å². The minimum absolute atomic E-state index is 0.00435. The van der Waals surface area contributed by atoms with E-state index in [4.69, 9.17) is 14.4 Å². The van der Waals surface area contributed by atoms with Crippen molar-refractivity contribution in [3.63, 3.8) is 0 Å². The first kappa shape index (κ1) is 17.1. The van der Waals surface area contributed by atoms with E-state index in [2.05, 4.69) is 21.7 Å². The van der Waals surface area contributed by atoms with Crippen molar-refractivity contribution in [1.82, 2.24) is 15.1 Å². The third kappa shape index (κ3) is 4.20. The van der Waals surface area contributed by atoms with Crippen molar-refractivity contribution >= 4 is 5.97 Å². The van der Waals surface area contributed by atoms with Crippen LogP contribution in [0.4, 0.5) is 4.39 Å². The average molecular weight is 347 g/mol. The third-order valence-corrected chi connectivity index (χ3v) is 4.19. The summed E-state index contributed by atoms with van der Waals surface area (Å²) in [6, 6.07) is 2.84. The quantitative estimate of drug-likeness (QED) is 0.802. The predicted octanol–water partition coefficient (Wildman–Crippen LogP) is 2.89. The predicted molar refractivity (Wildman–Crippen MR) is 84.6 cm³/mol. The molecule has 1 saturated carbocycles. The smallest absolute Gasteiger partial charge is 0.331 e. The number of hydrogen-bond donors (Lipinski definition) is 1. The van der Waals surface area contributed by atoms with Crippen LogP contribution in [0.25, 0.3) is 0 Å². The van der Waals surface area contributed by atoms with E-state index in [9.17, 15) is 9.18 Å². The summed E-state index contributed by atoms with van der Waals surface area (Å²) < 4.78 is 24.3. The van der Waals surface area contributed by atoms with Gasteiger partial charge in [-0.25, -0.2) is 14.2 Å². The molecule has 1 N–H and O–H groups in total. The highest BCUT2D eigenvalue weighted by molar-refractivity contribution is 5.86. The summed E-state index contributed by atoms with van der Waals surface area (Å²) in [5.74, 6) is -0.596. The van der Waals surface area contributed by atoms with E-state index >= 15 is 0 Å². The summed E-state index contributed by atoms with van der Waals surface area (Å²) in [4.78, 5) is 19.0. The van der Waals surface area contributed by atoms with E-state index < -0.39 is 11.8 Å². The molecule has 1 fully saturated rings. The number of pyridine rings is 1. The summed E-state index contributed by atoms with van der Waals surface area (Å²) in [6.45, 7) is 3.45. The van der Waals surface area contributed by atoms with Crippen molar-refractivity contribution in [3.05, 3.63) is 48.0 Å². The van der Waals surface area contributed by atoms with Gasteiger partial charge >= 0.3 is 5.97 Å². The Morgan fingerprint density at radius 1 is 1.40 bits per heavy atom.